The number of rotatable bonds is 4. The fraction of sp³-hybridized carbons (Fsp3) is 0.625. The van der Waals surface area contributed by atoms with Crippen molar-refractivity contribution in [1.82, 2.24) is 14.2 Å². The van der Waals surface area contributed by atoms with E-state index in [1.807, 2.05) is 0 Å². The molecule has 0 saturated carbocycles. The molecule has 7 nitrogen and oxygen atoms in total. The van der Waals surface area contributed by atoms with Gasteiger partial charge >= 0.3 is 0 Å². The Morgan fingerprint density at radius 3 is 2.71 bits per heavy atom. The average molecular weight is 353 g/mol. The van der Waals surface area contributed by atoms with E-state index in [1.165, 1.54) is 0 Å². The van der Waals surface area contributed by atoms with Gasteiger partial charge in [-0.25, -0.2) is 8.42 Å². The lowest BCUT2D eigenvalue weighted by atomic mass is 10.0. The van der Waals surface area contributed by atoms with Crippen molar-refractivity contribution in [1.29, 1.82) is 0 Å². The molecule has 1 aromatic rings. The molecule has 132 valence electrons. The van der Waals surface area contributed by atoms with Crippen molar-refractivity contribution >= 4 is 15.9 Å². The van der Waals surface area contributed by atoms with E-state index in [0.29, 0.717) is 51.2 Å². The van der Waals surface area contributed by atoms with Crippen LogP contribution < -0.4 is 0 Å². The van der Waals surface area contributed by atoms with Crippen molar-refractivity contribution in [2.24, 2.45) is 5.92 Å². The van der Waals surface area contributed by atoms with Crippen molar-refractivity contribution in [2.75, 3.05) is 39.9 Å². The molecule has 2 saturated heterocycles. The highest BCUT2D eigenvalue weighted by Gasteiger charge is 2.46. The van der Waals surface area contributed by atoms with Crippen LogP contribution in [0.4, 0.5) is 0 Å². The van der Waals surface area contributed by atoms with Crippen LogP contribution in [0.15, 0.2) is 24.5 Å². The van der Waals surface area contributed by atoms with E-state index >= 15 is 0 Å². The van der Waals surface area contributed by atoms with E-state index < -0.39 is 10.0 Å². The number of hydrogen-bond donors (Lipinski definition) is 0. The van der Waals surface area contributed by atoms with Gasteiger partial charge in [0.05, 0.1) is 11.9 Å². The highest BCUT2D eigenvalue weighted by molar-refractivity contribution is 7.90. The number of ether oxygens (including phenoxy) is 1. The summed E-state index contributed by atoms with van der Waals surface area (Å²) in [7, 11) is -1.72. The second kappa shape index (κ2) is 7.16. The zero-order valence-electron chi connectivity index (χ0n) is 13.8. The van der Waals surface area contributed by atoms with Gasteiger partial charge in [-0.05, 0) is 30.9 Å². The number of nitrogens with zero attached hydrogens (tertiary/aromatic N) is 3. The number of carbonyl (C=O) groups is 1. The van der Waals surface area contributed by atoms with Gasteiger partial charge in [0, 0.05) is 51.2 Å². The van der Waals surface area contributed by atoms with Crippen LogP contribution in [-0.2, 0) is 14.8 Å². The Bertz CT molecular complexity index is 680. The molecule has 1 aromatic heterocycles. The molecule has 2 atom stereocenters. The first-order valence-electron chi connectivity index (χ1n) is 8.21. The quantitative estimate of drug-likeness (QED) is 0.792. The van der Waals surface area contributed by atoms with Crippen LogP contribution >= 0.6 is 0 Å². The third-order valence-electron chi connectivity index (χ3n) is 4.92. The molecule has 2 fully saturated rings. The molecule has 24 heavy (non-hydrogen) atoms. The minimum atomic E-state index is -3.29. The van der Waals surface area contributed by atoms with Crippen LogP contribution in [0.2, 0.25) is 0 Å². The lowest BCUT2D eigenvalue weighted by molar-refractivity contribution is 0.0758. The number of hydrogen-bond acceptors (Lipinski definition) is 5. The molecule has 0 unspecified atom stereocenters. The fourth-order valence-electron chi connectivity index (χ4n) is 3.59. The summed E-state index contributed by atoms with van der Waals surface area (Å²) in [4.78, 5) is 18.3. The van der Waals surface area contributed by atoms with E-state index in [9.17, 15) is 13.2 Å². The molecule has 2 aliphatic heterocycles. The van der Waals surface area contributed by atoms with E-state index in [4.69, 9.17) is 4.74 Å². The number of amides is 1. The van der Waals surface area contributed by atoms with Crippen molar-refractivity contribution in [3.8, 4) is 0 Å². The molecule has 0 aromatic carbocycles. The molecule has 2 aliphatic rings. The first-order valence-corrected chi connectivity index (χ1v) is 9.71. The molecule has 0 aliphatic carbocycles. The maximum absolute atomic E-state index is 12.7. The average Bonchev–Trinajstić information content (AvgIpc) is 2.74. The van der Waals surface area contributed by atoms with Gasteiger partial charge < -0.3 is 9.64 Å². The highest BCUT2D eigenvalue weighted by Crippen LogP contribution is 2.34. The van der Waals surface area contributed by atoms with Crippen molar-refractivity contribution in [2.45, 2.75) is 18.1 Å². The summed E-state index contributed by atoms with van der Waals surface area (Å²) in [5.74, 6) is 0.0353. The van der Waals surface area contributed by atoms with E-state index in [2.05, 4.69) is 4.98 Å². The Kier molecular flexibility index (Phi) is 5.17. The van der Waals surface area contributed by atoms with Crippen LogP contribution in [0.25, 0.3) is 0 Å². The molecule has 8 heteroatoms. The summed E-state index contributed by atoms with van der Waals surface area (Å²) < 4.78 is 31.9. The van der Waals surface area contributed by atoms with Crippen LogP contribution in [0.3, 0.4) is 0 Å². The zero-order chi connectivity index (χ0) is 17.2. The molecule has 0 bridgehead atoms. The van der Waals surface area contributed by atoms with Crippen LogP contribution in [0.5, 0.6) is 0 Å². The monoisotopic (exact) mass is 353 g/mol. The van der Waals surface area contributed by atoms with Gasteiger partial charge in [0.15, 0.2) is 0 Å². The minimum Gasteiger partial charge on any atom is -0.383 e. The zero-order valence-corrected chi connectivity index (χ0v) is 14.6. The van der Waals surface area contributed by atoms with Crippen molar-refractivity contribution < 1.29 is 17.9 Å². The summed E-state index contributed by atoms with van der Waals surface area (Å²) in [6.07, 6.45) is 4.40. The van der Waals surface area contributed by atoms with Crippen molar-refractivity contribution in [3.05, 3.63) is 30.1 Å². The van der Waals surface area contributed by atoms with Crippen LogP contribution in [0.1, 0.15) is 23.2 Å². The molecule has 0 N–H and O–H groups in total. The third kappa shape index (κ3) is 3.31. The topological polar surface area (TPSA) is 79.8 Å². The highest BCUT2D eigenvalue weighted by atomic mass is 32.2. The summed E-state index contributed by atoms with van der Waals surface area (Å²) >= 11 is 0. The Labute approximate surface area is 142 Å². The molecule has 3 rings (SSSR count). The van der Waals surface area contributed by atoms with Gasteiger partial charge in [0.1, 0.15) is 0 Å². The number of pyridine rings is 1. The van der Waals surface area contributed by atoms with Gasteiger partial charge in [0.2, 0.25) is 10.0 Å². The number of fused-ring (bicyclic) bond motifs is 1. The SMILES string of the molecule is COCCN1C[C@@H]2CCN(C(=O)c3ccncc3)CC[C@@H]2S1(=O)=O. The Balaban J connectivity index is 1.69. The largest absolute Gasteiger partial charge is 0.383 e. The minimum absolute atomic E-state index is 0.0500. The summed E-state index contributed by atoms with van der Waals surface area (Å²) in [6.45, 7) is 2.42. The van der Waals surface area contributed by atoms with Gasteiger partial charge in [-0.3, -0.25) is 9.78 Å². The summed E-state index contributed by atoms with van der Waals surface area (Å²) in [5, 5.41) is -0.385. The standard InChI is InChI=1S/C16H23N3O4S/c1-23-11-10-19-12-14-4-8-18(9-5-15(14)24(19,21)22)16(20)13-2-6-17-7-3-13/h2-3,6-7,14-15H,4-5,8-12H2,1H3/t14-,15-/m0/s1. The number of methoxy groups -OCH3 is 1. The summed E-state index contributed by atoms with van der Waals surface area (Å²) in [5.41, 5.74) is 0.599. The van der Waals surface area contributed by atoms with Gasteiger partial charge in [-0.1, -0.05) is 0 Å². The predicted molar refractivity (Wildman–Crippen MR) is 89.0 cm³/mol. The second-order valence-electron chi connectivity index (χ2n) is 6.30. The molecular formula is C16H23N3O4S. The van der Waals surface area contributed by atoms with E-state index in [1.54, 1.807) is 40.8 Å². The lowest BCUT2D eigenvalue weighted by Gasteiger charge is -2.22. The second-order valence-corrected chi connectivity index (χ2v) is 8.45. The third-order valence-corrected chi connectivity index (χ3v) is 7.36. The van der Waals surface area contributed by atoms with Gasteiger partial charge in [-0.2, -0.15) is 4.31 Å². The first-order chi connectivity index (χ1) is 11.5. The van der Waals surface area contributed by atoms with E-state index in [-0.39, 0.29) is 17.1 Å². The smallest absolute Gasteiger partial charge is 0.253 e. The number of sulfonamides is 1. The molecular weight excluding hydrogens is 330 g/mol. The van der Waals surface area contributed by atoms with Crippen LogP contribution in [0, 0.1) is 5.92 Å². The normalized spacial score (nSPS) is 26.8. The van der Waals surface area contributed by atoms with E-state index in [0.717, 1.165) is 0 Å². The molecule has 0 spiro atoms. The van der Waals surface area contributed by atoms with Gasteiger partial charge in [0.25, 0.3) is 5.91 Å². The number of carbonyl (C=O) groups excluding carboxylic acids is 1. The number of aromatic nitrogens is 1. The van der Waals surface area contributed by atoms with Crippen molar-refractivity contribution in [3.63, 3.8) is 0 Å². The lowest BCUT2D eigenvalue weighted by Crippen LogP contribution is -2.35. The van der Waals surface area contributed by atoms with Gasteiger partial charge in [-0.15, -0.1) is 0 Å². The fourth-order valence-corrected chi connectivity index (χ4v) is 5.81. The molecule has 3 heterocycles. The predicted octanol–water partition coefficient (Wildman–Crippen LogP) is 0.594. The first kappa shape index (κ1) is 17.3. The number of likely N-dealkylation sites (tertiary alicyclic amines) is 1. The Morgan fingerprint density at radius 2 is 2.00 bits per heavy atom. The maximum Gasteiger partial charge on any atom is 0.253 e. The van der Waals surface area contributed by atoms with Crippen LogP contribution in [-0.4, -0.2) is 73.7 Å². The summed E-state index contributed by atoms with van der Waals surface area (Å²) in [6, 6.07) is 3.38. The Hall–Kier alpha value is -1.51. The Morgan fingerprint density at radius 1 is 1.29 bits per heavy atom. The maximum atomic E-state index is 12.7. The molecule has 1 amide bonds. The molecule has 0 radical (unpaired) electrons.